The minimum Gasteiger partial charge on any atom is -0.346 e. The number of rotatable bonds is 4. The molecule has 3 nitrogen and oxygen atoms in total. The topological polar surface area (TPSA) is 55.1 Å². The van der Waals surface area contributed by atoms with E-state index < -0.39 is 24.9 Å². The Labute approximate surface area is 109 Å². The Kier molecular flexibility index (Phi) is 3.76. The number of carbonyl (C=O) groups excluding carboxylic acids is 1. The number of halogens is 2. The van der Waals surface area contributed by atoms with Gasteiger partial charge in [-0.2, -0.15) is 0 Å². The number of nitrogens with one attached hydrogen (secondary N) is 1. The van der Waals surface area contributed by atoms with Crippen LogP contribution in [-0.2, 0) is 0 Å². The van der Waals surface area contributed by atoms with Crippen molar-refractivity contribution >= 4 is 16.7 Å². The summed E-state index contributed by atoms with van der Waals surface area (Å²) in [7, 11) is 0. The maximum Gasteiger partial charge on any atom is 0.277 e. The van der Waals surface area contributed by atoms with Crippen LogP contribution in [0.3, 0.4) is 0 Å². The Bertz CT molecular complexity index is 599. The molecule has 0 fully saturated rings. The first kappa shape index (κ1) is 13.4. The van der Waals surface area contributed by atoms with E-state index in [1.54, 1.807) is 18.2 Å². The normalized spacial score (nSPS) is 11.5. The lowest BCUT2D eigenvalue weighted by molar-refractivity contribution is 0.0118. The first-order chi connectivity index (χ1) is 9.02. The van der Waals surface area contributed by atoms with Gasteiger partial charge in [-0.1, -0.05) is 30.3 Å². The van der Waals surface area contributed by atoms with Crippen molar-refractivity contribution in [2.24, 2.45) is 5.73 Å². The second-order valence-corrected chi connectivity index (χ2v) is 4.30. The van der Waals surface area contributed by atoms with Crippen molar-refractivity contribution in [2.45, 2.75) is 5.92 Å². The Hall–Kier alpha value is -2.01. The van der Waals surface area contributed by atoms with Crippen molar-refractivity contribution in [3.63, 3.8) is 0 Å². The van der Waals surface area contributed by atoms with E-state index in [2.05, 4.69) is 5.32 Å². The van der Waals surface area contributed by atoms with Gasteiger partial charge in [-0.3, -0.25) is 4.79 Å². The molecular weight excluding hydrogens is 250 g/mol. The standard InChI is InChI=1S/C14H14F2N2O/c15-14(16,8-17)9-18-13(19)12-6-5-10-3-1-2-4-11(10)7-12/h1-7H,8-9,17H2,(H,18,19). The molecule has 1 amide bonds. The second kappa shape index (κ2) is 5.32. The van der Waals surface area contributed by atoms with Crippen molar-refractivity contribution in [1.82, 2.24) is 5.32 Å². The summed E-state index contributed by atoms with van der Waals surface area (Å²) in [6.07, 6.45) is 0. The Balaban J connectivity index is 2.13. The van der Waals surface area contributed by atoms with Gasteiger partial charge < -0.3 is 11.1 Å². The van der Waals surface area contributed by atoms with E-state index >= 15 is 0 Å². The van der Waals surface area contributed by atoms with Gasteiger partial charge in [0.25, 0.3) is 11.8 Å². The summed E-state index contributed by atoms with van der Waals surface area (Å²) < 4.78 is 25.9. The summed E-state index contributed by atoms with van der Waals surface area (Å²) in [6.45, 7) is -1.54. The molecule has 19 heavy (non-hydrogen) atoms. The highest BCUT2D eigenvalue weighted by molar-refractivity contribution is 5.98. The molecule has 0 aliphatic rings. The van der Waals surface area contributed by atoms with Gasteiger partial charge in [0.05, 0.1) is 13.1 Å². The van der Waals surface area contributed by atoms with Crippen LogP contribution in [0.25, 0.3) is 10.8 Å². The monoisotopic (exact) mass is 264 g/mol. The average Bonchev–Trinajstić information content (AvgIpc) is 2.44. The quantitative estimate of drug-likeness (QED) is 0.889. The summed E-state index contributed by atoms with van der Waals surface area (Å²) in [5.41, 5.74) is 5.26. The number of carbonyl (C=O) groups is 1. The van der Waals surface area contributed by atoms with Gasteiger partial charge in [0, 0.05) is 5.56 Å². The summed E-state index contributed by atoms with van der Waals surface area (Å²) in [4.78, 5) is 11.8. The van der Waals surface area contributed by atoms with E-state index in [1.165, 1.54) is 0 Å². The number of nitrogens with two attached hydrogens (primary N) is 1. The number of hydrogen-bond donors (Lipinski definition) is 2. The fourth-order valence-electron chi connectivity index (χ4n) is 1.71. The highest BCUT2D eigenvalue weighted by Gasteiger charge is 2.27. The van der Waals surface area contributed by atoms with Crippen LogP contribution in [0, 0.1) is 0 Å². The molecule has 2 rings (SSSR count). The molecule has 3 N–H and O–H groups in total. The van der Waals surface area contributed by atoms with Crippen molar-refractivity contribution in [3.05, 3.63) is 48.0 Å². The number of hydrogen-bond acceptors (Lipinski definition) is 2. The van der Waals surface area contributed by atoms with E-state index in [1.807, 2.05) is 24.3 Å². The van der Waals surface area contributed by atoms with Crippen LogP contribution in [0.15, 0.2) is 42.5 Å². The summed E-state index contributed by atoms with van der Waals surface area (Å²) in [6, 6.07) is 12.6. The number of fused-ring (bicyclic) bond motifs is 1. The molecular formula is C14H14F2N2O. The SMILES string of the molecule is NCC(F)(F)CNC(=O)c1ccc2ccccc2c1. The predicted molar refractivity (Wildman–Crippen MR) is 70.3 cm³/mol. The molecule has 100 valence electrons. The summed E-state index contributed by atoms with van der Waals surface area (Å²) in [5, 5.41) is 4.07. The van der Waals surface area contributed by atoms with E-state index in [4.69, 9.17) is 5.73 Å². The third-order valence-corrected chi connectivity index (χ3v) is 2.82. The van der Waals surface area contributed by atoms with Crippen LogP contribution < -0.4 is 11.1 Å². The largest absolute Gasteiger partial charge is 0.346 e. The van der Waals surface area contributed by atoms with Gasteiger partial charge in [-0.25, -0.2) is 8.78 Å². The highest BCUT2D eigenvalue weighted by atomic mass is 19.3. The van der Waals surface area contributed by atoms with E-state index in [0.717, 1.165) is 10.8 Å². The van der Waals surface area contributed by atoms with Gasteiger partial charge in [0.1, 0.15) is 0 Å². The van der Waals surface area contributed by atoms with E-state index in [9.17, 15) is 13.6 Å². The molecule has 0 bridgehead atoms. The molecule has 0 atom stereocenters. The maximum atomic E-state index is 12.9. The molecule has 2 aromatic rings. The van der Waals surface area contributed by atoms with E-state index in [0.29, 0.717) is 5.56 Å². The van der Waals surface area contributed by atoms with Crippen LogP contribution in [0.1, 0.15) is 10.4 Å². The second-order valence-electron chi connectivity index (χ2n) is 4.30. The Morgan fingerprint density at radius 3 is 2.53 bits per heavy atom. The van der Waals surface area contributed by atoms with Crippen molar-refractivity contribution in [1.29, 1.82) is 0 Å². The molecule has 0 radical (unpaired) electrons. The van der Waals surface area contributed by atoms with Gasteiger partial charge in [0.15, 0.2) is 0 Å². The molecule has 0 saturated heterocycles. The zero-order valence-corrected chi connectivity index (χ0v) is 10.2. The van der Waals surface area contributed by atoms with Gasteiger partial charge >= 0.3 is 0 Å². The van der Waals surface area contributed by atoms with E-state index in [-0.39, 0.29) is 0 Å². The fraction of sp³-hybridized carbons (Fsp3) is 0.214. The van der Waals surface area contributed by atoms with Crippen molar-refractivity contribution < 1.29 is 13.6 Å². The minimum absolute atomic E-state index is 0.353. The maximum absolute atomic E-state index is 12.9. The first-order valence-electron chi connectivity index (χ1n) is 5.87. The smallest absolute Gasteiger partial charge is 0.277 e. The summed E-state index contributed by atoms with van der Waals surface area (Å²) in [5.74, 6) is -3.61. The van der Waals surface area contributed by atoms with Gasteiger partial charge in [0.2, 0.25) is 0 Å². The number of amides is 1. The molecule has 0 saturated carbocycles. The zero-order chi connectivity index (χ0) is 13.9. The van der Waals surface area contributed by atoms with Crippen molar-refractivity contribution in [3.8, 4) is 0 Å². The Morgan fingerprint density at radius 2 is 1.84 bits per heavy atom. The van der Waals surface area contributed by atoms with Crippen LogP contribution in [0.5, 0.6) is 0 Å². The van der Waals surface area contributed by atoms with Crippen LogP contribution in [0.2, 0.25) is 0 Å². The number of alkyl halides is 2. The number of benzene rings is 2. The summed E-state index contributed by atoms with van der Waals surface area (Å²) >= 11 is 0. The lowest BCUT2D eigenvalue weighted by Crippen LogP contribution is -2.41. The molecule has 0 unspecified atom stereocenters. The van der Waals surface area contributed by atoms with Crippen LogP contribution in [0.4, 0.5) is 8.78 Å². The fourth-order valence-corrected chi connectivity index (χ4v) is 1.71. The molecule has 2 aromatic carbocycles. The van der Waals surface area contributed by atoms with Gasteiger partial charge in [-0.05, 0) is 22.9 Å². The molecule has 0 aliphatic carbocycles. The first-order valence-corrected chi connectivity index (χ1v) is 5.87. The third kappa shape index (κ3) is 3.26. The van der Waals surface area contributed by atoms with Gasteiger partial charge in [-0.15, -0.1) is 0 Å². The lowest BCUT2D eigenvalue weighted by Gasteiger charge is -2.14. The lowest BCUT2D eigenvalue weighted by atomic mass is 10.1. The zero-order valence-electron chi connectivity index (χ0n) is 10.2. The predicted octanol–water partition coefficient (Wildman–Crippen LogP) is 2.16. The highest BCUT2D eigenvalue weighted by Crippen LogP contribution is 2.16. The van der Waals surface area contributed by atoms with Crippen molar-refractivity contribution in [2.75, 3.05) is 13.1 Å². The average molecular weight is 264 g/mol. The Morgan fingerprint density at radius 1 is 1.16 bits per heavy atom. The molecule has 0 aliphatic heterocycles. The third-order valence-electron chi connectivity index (χ3n) is 2.82. The molecule has 5 heteroatoms. The molecule has 0 aromatic heterocycles. The minimum atomic E-state index is -3.08. The van der Waals surface area contributed by atoms with Crippen LogP contribution in [-0.4, -0.2) is 24.9 Å². The molecule has 0 spiro atoms. The molecule has 0 heterocycles. The van der Waals surface area contributed by atoms with Crippen LogP contribution >= 0.6 is 0 Å².